The first-order valence-corrected chi connectivity index (χ1v) is 7.79. The SMILES string of the molecule is O=C1OC(c2ccc(Br)cc2)=C/C1=C/c1ccc2c(c1)OCO2. The Hall–Kier alpha value is -2.53. The summed E-state index contributed by atoms with van der Waals surface area (Å²) in [6, 6.07) is 13.1. The van der Waals surface area contributed by atoms with Gasteiger partial charge in [-0.1, -0.05) is 34.1 Å². The van der Waals surface area contributed by atoms with Crippen LogP contribution in [0.2, 0.25) is 0 Å². The zero-order chi connectivity index (χ0) is 15.8. The second kappa shape index (κ2) is 5.59. The summed E-state index contributed by atoms with van der Waals surface area (Å²) < 4.78 is 16.9. The molecule has 4 nitrogen and oxygen atoms in total. The van der Waals surface area contributed by atoms with E-state index in [1.165, 1.54) is 0 Å². The van der Waals surface area contributed by atoms with Gasteiger partial charge < -0.3 is 14.2 Å². The van der Waals surface area contributed by atoms with E-state index in [9.17, 15) is 4.79 Å². The quantitative estimate of drug-likeness (QED) is 0.588. The van der Waals surface area contributed by atoms with Crippen LogP contribution in [0.15, 0.2) is 58.6 Å². The van der Waals surface area contributed by atoms with Gasteiger partial charge in [0.15, 0.2) is 11.5 Å². The Bertz CT molecular complexity index is 850. The van der Waals surface area contributed by atoms with Crippen LogP contribution in [0.3, 0.4) is 0 Å². The first-order valence-electron chi connectivity index (χ1n) is 7.00. The number of cyclic esters (lactones) is 1. The Balaban J connectivity index is 1.65. The van der Waals surface area contributed by atoms with E-state index in [1.807, 2.05) is 42.5 Å². The molecular weight excluding hydrogens is 360 g/mol. The largest absolute Gasteiger partial charge is 0.454 e. The number of esters is 1. The molecule has 4 rings (SSSR count). The highest BCUT2D eigenvalue weighted by Gasteiger charge is 2.22. The highest BCUT2D eigenvalue weighted by Crippen LogP contribution is 2.34. The molecule has 0 spiro atoms. The van der Waals surface area contributed by atoms with Crippen LogP contribution in [0.4, 0.5) is 0 Å². The van der Waals surface area contributed by atoms with Gasteiger partial charge >= 0.3 is 5.97 Å². The minimum Gasteiger partial charge on any atom is -0.454 e. The lowest BCUT2D eigenvalue weighted by atomic mass is 10.1. The number of carbonyl (C=O) groups excluding carboxylic acids is 1. The number of fused-ring (bicyclic) bond motifs is 1. The number of hydrogen-bond donors (Lipinski definition) is 0. The van der Waals surface area contributed by atoms with E-state index < -0.39 is 0 Å². The number of carbonyl (C=O) groups is 1. The van der Waals surface area contributed by atoms with Crippen molar-refractivity contribution in [2.75, 3.05) is 6.79 Å². The fourth-order valence-electron chi connectivity index (χ4n) is 2.43. The van der Waals surface area contributed by atoms with Crippen molar-refractivity contribution in [3.8, 4) is 11.5 Å². The number of halogens is 1. The molecule has 0 amide bonds. The lowest BCUT2D eigenvalue weighted by Crippen LogP contribution is -1.97. The van der Waals surface area contributed by atoms with Gasteiger partial charge in [0.1, 0.15) is 5.76 Å². The van der Waals surface area contributed by atoms with E-state index in [0.29, 0.717) is 22.8 Å². The minimum absolute atomic E-state index is 0.227. The topological polar surface area (TPSA) is 44.8 Å². The molecule has 0 fully saturated rings. The van der Waals surface area contributed by atoms with Crippen molar-refractivity contribution in [1.82, 2.24) is 0 Å². The second-order valence-corrected chi connectivity index (χ2v) is 6.03. The van der Waals surface area contributed by atoms with Crippen molar-refractivity contribution in [2.24, 2.45) is 0 Å². The first-order chi connectivity index (χ1) is 11.2. The second-order valence-electron chi connectivity index (χ2n) is 5.12. The third-order valence-electron chi connectivity index (χ3n) is 3.57. The maximum atomic E-state index is 12.1. The van der Waals surface area contributed by atoms with Gasteiger partial charge in [-0.3, -0.25) is 0 Å². The molecular formula is C18H11BrO4. The highest BCUT2D eigenvalue weighted by atomic mass is 79.9. The molecule has 2 aliphatic rings. The average Bonchev–Trinajstić information content (AvgIpc) is 3.15. The summed E-state index contributed by atoms with van der Waals surface area (Å²) in [4.78, 5) is 12.1. The highest BCUT2D eigenvalue weighted by molar-refractivity contribution is 9.10. The molecule has 23 heavy (non-hydrogen) atoms. The van der Waals surface area contributed by atoms with Crippen LogP contribution in [0.5, 0.6) is 11.5 Å². The number of ether oxygens (including phenoxy) is 3. The van der Waals surface area contributed by atoms with E-state index in [2.05, 4.69) is 15.9 Å². The molecule has 0 saturated heterocycles. The first kappa shape index (κ1) is 14.1. The average molecular weight is 371 g/mol. The Morgan fingerprint density at radius 3 is 2.61 bits per heavy atom. The Kier molecular flexibility index (Phi) is 3.42. The zero-order valence-corrected chi connectivity index (χ0v) is 13.5. The van der Waals surface area contributed by atoms with Crippen molar-refractivity contribution in [2.45, 2.75) is 0 Å². The smallest absolute Gasteiger partial charge is 0.343 e. The Morgan fingerprint density at radius 2 is 1.78 bits per heavy atom. The molecule has 2 aliphatic heterocycles. The summed E-state index contributed by atoms with van der Waals surface area (Å²) in [5, 5.41) is 0. The lowest BCUT2D eigenvalue weighted by molar-refractivity contribution is -0.130. The van der Waals surface area contributed by atoms with Crippen LogP contribution in [-0.2, 0) is 9.53 Å². The van der Waals surface area contributed by atoms with Gasteiger partial charge in [0.05, 0.1) is 5.57 Å². The number of hydrogen-bond acceptors (Lipinski definition) is 4. The van der Waals surface area contributed by atoms with Crippen LogP contribution in [0.25, 0.3) is 11.8 Å². The van der Waals surface area contributed by atoms with E-state index in [0.717, 1.165) is 15.6 Å². The standard InChI is InChI=1S/C18H11BrO4/c19-14-4-2-12(3-5-14)16-9-13(18(20)23-16)7-11-1-6-15-17(8-11)22-10-21-15/h1-9H,10H2/b13-7-. The molecule has 0 aromatic heterocycles. The van der Waals surface area contributed by atoms with Crippen LogP contribution < -0.4 is 9.47 Å². The number of rotatable bonds is 2. The van der Waals surface area contributed by atoms with E-state index in [1.54, 1.807) is 12.2 Å². The van der Waals surface area contributed by atoms with Gasteiger partial charge in [-0.05, 0) is 42.0 Å². The number of benzene rings is 2. The summed E-state index contributed by atoms with van der Waals surface area (Å²) >= 11 is 3.39. The monoisotopic (exact) mass is 370 g/mol. The van der Waals surface area contributed by atoms with Crippen molar-refractivity contribution in [3.63, 3.8) is 0 Å². The third-order valence-corrected chi connectivity index (χ3v) is 4.10. The summed E-state index contributed by atoms with van der Waals surface area (Å²) in [5.41, 5.74) is 2.21. The maximum absolute atomic E-state index is 12.1. The minimum atomic E-state index is -0.361. The molecule has 0 unspecified atom stereocenters. The molecule has 0 saturated carbocycles. The predicted octanol–water partition coefficient (Wildman–Crippen LogP) is 4.16. The van der Waals surface area contributed by atoms with Crippen molar-refractivity contribution < 1.29 is 19.0 Å². The van der Waals surface area contributed by atoms with Crippen LogP contribution in [0.1, 0.15) is 11.1 Å². The lowest BCUT2D eigenvalue weighted by Gasteiger charge is -2.01. The molecule has 2 aromatic carbocycles. The molecule has 2 heterocycles. The van der Waals surface area contributed by atoms with Crippen molar-refractivity contribution in [3.05, 3.63) is 69.7 Å². The molecule has 0 radical (unpaired) electrons. The zero-order valence-electron chi connectivity index (χ0n) is 11.9. The molecule has 2 aromatic rings. The molecule has 0 atom stereocenters. The Morgan fingerprint density at radius 1 is 1.00 bits per heavy atom. The van der Waals surface area contributed by atoms with Gasteiger partial charge in [0.2, 0.25) is 6.79 Å². The maximum Gasteiger partial charge on any atom is 0.343 e. The molecule has 0 bridgehead atoms. The summed E-state index contributed by atoms with van der Waals surface area (Å²) in [7, 11) is 0. The molecule has 114 valence electrons. The predicted molar refractivity (Wildman–Crippen MR) is 88.8 cm³/mol. The van der Waals surface area contributed by atoms with Crippen LogP contribution in [-0.4, -0.2) is 12.8 Å². The fourth-order valence-corrected chi connectivity index (χ4v) is 2.69. The molecule has 0 N–H and O–H groups in total. The van der Waals surface area contributed by atoms with Gasteiger partial charge in [0.25, 0.3) is 0 Å². The van der Waals surface area contributed by atoms with Gasteiger partial charge in [-0.25, -0.2) is 4.79 Å². The third kappa shape index (κ3) is 2.75. The summed E-state index contributed by atoms with van der Waals surface area (Å²) in [6.45, 7) is 0.227. The van der Waals surface area contributed by atoms with Crippen molar-refractivity contribution >= 4 is 33.7 Å². The van der Waals surface area contributed by atoms with Gasteiger partial charge in [-0.2, -0.15) is 0 Å². The van der Waals surface area contributed by atoms with E-state index in [-0.39, 0.29) is 12.8 Å². The van der Waals surface area contributed by atoms with Gasteiger partial charge in [0, 0.05) is 10.0 Å². The van der Waals surface area contributed by atoms with Crippen LogP contribution >= 0.6 is 15.9 Å². The van der Waals surface area contributed by atoms with Gasteiger partial charge in [-0.15, -0.1) is 0 Å². The van der Waals surface area contributed by atoms with Crippen LogP contribution in [0, 0.1) is 0 Å². The van der Waals surface area contributed by atoms with E-state index >= 15 is 0 Å². The molecule has 0 aliphatic carbocycles. The Labute approximate surface area is 141 Å². The normalized spacial score (nSPS) is 17.3. The molecule has 5 heteroatoms. The van der Waals surface area contributed by atoms with Crippen molar-refractivity contribution in [1.29, 1.82) is 0 Å². The summed E-state index contributed by atoms with van der Waals surface area (Å²) in [6.07, 6.45) is 3.52. The van der Waals surface area contributed by atoms with E-state index in [4.69, 9.17) is 14.2 Å². The summed E-state index contributed by atoms with van der Waals surface area (Å²) in [5.74, 6) is 1.59. The fraction of sp³-hybridized carbons (Fsp3) is 0.0556.